The van der Waals surface area contributed by atoms with E-state index < -0.39 is 29.1 Å². The number of carbonyl (C=O) groups excluding carboxylic acids is 1. The molecule has 2 rings (SSSR count). The fraction of sp³-hybridized carbons (Fsp3) is 0.0769. The number of rotatable bonds is 5. The van der Waals surface area contributed by atoms with E-state index in [1.807, 2.05) is 0 Å². The number of nitro groups is 1. The van der Waals surface area contributed by atoms with Crippen LogP contribution in [0.5, 0.6) is 5.75 Å². The Morgan fingerprint density at radius 1 is 1.45 bits per heavy atom. The van der Waals surface area contributed by atoms with Crippen molar-refractivity contribution in [1.82, 2.24) is 4.98 Å². The van der Waals surface area contributed by atoms with Gasteiger partial charge in [0.2, 0.25) is 5.75 Å². The Balaban J connectivity index is 2.02. The summed E-state index contributed by atoms with van der Waals surface area (Å²) in [6.45, 7) is -0.543. The van der Waals surface area contributed by atoms with E-state index in [1.165, 1.54) is 30.5 Å². The molecular formula is C13H9ClFN3O4. The Morgan fingerprint density at radius 2 is 2.23 bits per heavy atom. The number of nitrogens with one attached hydrogen (secondary N) is 1. The van der Waals surface area contributed by atoms with E-state index in [4.69, 9.17) is 16.3 Å². The summed E-state index contributed by atoms with van der Waals surface area (Å²) >= 11 is 5.70. The average Bonchev–Trinajstić information content (AvgIpc) is 2.49. The molecule has 0 atom stereocenters. The number of nitrogens with zero attached hydrogens (tertiary/aromatic N) is 2. The third-order valence-electron chi connectivity index (χ3n) is 2.49. The van der Waals surface area contributed by atoms with Gasteiger partial charge in [-0.15, -0.1) is 0 Å². The Kier molecular flexibility index (Phi) is 4.84. The number of anilines is 1. The van der Waals surface area contributed by atoms with Gasteiger partial charge in [-0.1, -0.05) is 11.6 Å². The van der Waals surface area contributed by atoms with Gasteiger partial charge in [0.1, 0.15) is 12.0 Å². The summed E-state index contributed by atoms with van der Waals surface area (Å²) in [4.78, 5) is 25.2. The highest BCUT2D eigenvalue weighted by Crippen LogP contribution is 2.23. The maximum Gasteiger partial charge on any atom is 0.406 e. The van der Waals surface area contributed by atoms with Gasteiger partial charge in [0, 0.05) is 5.02 Å². The molecule has 0 saturated carbocycles. The van der Waals surface area contributed by atoms with E-state index >= 15 is 0 Å². The number of hydrogen-bond acceptors (Lipinski definition) is 5. The SMILES string of the molecule is O=C(COc1cccnc1[N+](=O)[O-])Nc1cc(Cl)ccc1F. The van der Waals surface area contributed by atoms with E-state index in [0.717, 1.165) is 6.07 Å². The van der Waals surface area contributed by atoms with Crippen molar-refractivity contribution in [2.24, 2.45) is 0 Å². The molecule has 0 spiro atoms. The lowest BCUT2D eigenvalue weighted by Gasteiger charge is -2.08. The highest BCUT2D eigenvalue weighted by Gasteiger charge is 2.17. The Hall–Kier alpha value is -2.74. The first-order valence-electron chi connectivity index (χ1n) is 5.94. The molecule has 1 aromatic carbocycles. The van der Waals surface area contributed by atoms with Crippen molar-refractivity contribution >= 4 is 29.0 Å². The number of amides is 1. The summed E-state index contributed by atoms with van der Waals surface area (Å²) in [6.07, 6.45) is 1.23. The van der Waals surface area contributed by atoms with Crippen LogP contribution in [0.25, 0.3) is 0 Å². The number of aromatic nitrogens is 1. The molecule has 0 radical (unpaired) electrons. The fourth-order valence-corrected chi connectivity index (χ4v) is 1.73. The normalized spacial score (nSPS) is 10.1. The number of pyridine rings is 1. The first kappa shape index (κ1) is 15.6. The van der Waals surface area contributed by atoms with Gasteiger partial charge in [-0.05, 0) is 40.2 Å². The molecule has 0 aliphatic rings. The third kappa shape index (κ3) is 3.89. The summed E-state index contributed by atoms with van der Waals surface area (Å²) in [5.74, 6) is -2.03. The van der Waals surface area contributed by atoms with Gasteiger partial charge in [-0.2, -0.15) is 0 Å². The van der Waals surface area contributed by atoms with Gasteiger partial charge < -0.3 is 20.2 Å². The molecule has 0 saturated heterocycles. The van der Waals surface area contributed by atoms with Crippen LogP contribution in [0.15, 0.2) is 36.5 Å². The first-order chi connectivity index (χ1) is 10.5. The molecule has 1 aromatic heterocycles. The van der Waals surface area contributed by atoms with Gasteiger partial charge in [0.05, 0.1) is 5.69 Å². The molecule has 114 valence electrons. The zero-order valence-corrected chi connectivity index (χ0v) is 11.7. The highest BCUT2D eigenvalue weighted by atomic mass is 35.5. The molecule has 1 amide bonds. The lowest BCUT2D eigenvalue weighted by atomic mass is 10.3. The Labute approximate surface area is 128 Å². The van der Waals surface area contributed by atoms with Gasteiger partial charge >= 0.3 is 5.82 Å². The van der Waals surface area contributed by atoms with Crippen LogP contribution in [-0.4, -0.2) is 22.4 Å². The summed E-state index contributed by atoms with van der Waals surface area (Å²) in [5.41, 5.74) is -0.109. The van der Waals surface area contributed by atoms with Crippen LogP contribution in [0.4, 0.5) is 15.9 Å². The predicted octanol–water partition coefficient (Wildman–Crippen LogP) is 2.80. The fourth-order valence-electron chi connectivity index (χ4n) is 1.55. The lowest BCUT2D eigenvalue weighted by molar-refractivity contribution is -0.390. The molecular weight excluding hydrogens is 317 g/mol. The second kappa shape index (κ2) is 6.81. The third-order valence-corrected chi connectivity index (χ3v) is 2.72. The largest absolute Gasteiger partial charge is 0.476 e. The number of carbonyl (C=O) groups is 1. The van der Waals surface area contributed by atoms with Gasteiger partial charge in [-0.3, -0.25) is 4.79 Å². The van der Waals surface area contributed by atoms with Crippen LogP contribution < -0.4 is 10.1 Å². The minimum Gasteiger partial charge on any atom is -0.476 e. The van der Waals surface area contributed by atoms with E-state index in [2.05, 4.69) is 10.3 Å². The summed E-state index contributed by atoms with van der Waals surface area (Å²) in [6, 6.07) is 6.41. The zero-order chi connectivity index (χ0) is 16.1. The molecule has 0 bridgehead atoms. The van der Waals surface area contributed by atoms with Crippen LogP contribution in [0, 0.1) is 15.9 Å². The van der Waals surface area contributed by atoms with Crippen molar-refractivity contribution < 1.29 is 18.8 Å². The van der Waals surface area contributed by atoms with Crippen molar-refractivity contribution in [2.75, 3.05) is 11.9 Å². The predicted molar refractivity (Wildman–Crippen MR) is 76.4 cm³/mol. The monoisotopic (exact) mass is 325 g/mol. The van der Waals surface area contributed by atoms with E-state index in [1.54, 1.807) is 0 Å². The van der Waals surface area contributed by atoms with Gasteiger partial charge in [0.25, 0.3) is 5.91 Å². The summed E-state index contributed by atoms with van der Waals surface area (Å²) in [7, 11) is 0. The van der Waals surface area contributed by atoms with Crippen molar-refractivity contribution in [3.63, 3.8) is 0 Å². The number of halogens is 2. The summed E-state index contributed by atoms with van der Waals surface area (Å²) in [5, 5.41) is 13.2. The quantitative estimate of drug-likeness (QED) is 0.673. The van der Waals surface area contributed by atoms with Crippen LogP contribution in [0.3, 0.4) is 0 Å². The summed E-state index contributed by atoms with van der Waals surface area (Å²) < 4.78 is 18.5. The second-order valence-corrected chi connectivity index (χ2v) is 4.48. The van der Waals surface area contributed by atoms with Crippen molar-refractivity contribution in [3.05, 3.63) is 57.5 Å². The molecule has 0 aliphatic heterocycles. The molecule has 1 N–H and O–H groups in total. The van der Waals surface area contributed by atoms with E-state index in [-0.39, 0.29) is 16.5 Å². The van der Waals surface area contributed by atoms with E-state index in [0.29, 0.717) is 0 Å². The minimum absolute atomic E-state index is 0.109. The first-order valence-corrected chi connectivity index (χ1v) is 6.32. The lowest BCUT2D eigenvalue weighted by Crippen LogP contribution is -2.21. The number of benzene rings is 1. The minimum atomic E-state index is -0.732. The molecule has 0 fully saturated rings. The smallest absolute Gasteiger partial charge is 0.406 e. The Bertz CT molecular complexity index is 726. The number of ether oxygens (including phenoxy) is 1. The van der Waals surface area contributed by atoms with E-state index in [9.17, 15) is 19.3 Å². The maximum absolute atomic E-state index is 13.4. The molecule has 0 unspecified atom stereocenters. The average molecular weight is 326 g/mol. The van der Waals surface area contributed by atoms with Crippen molar-refractivity contribution in [2.45, 2.75) is 0 Å². The molecule has 9 heteroatoms. The van der Waals surface area contributed by atoms with Gasteiger partial charge in [0.15, 0.2) is 6.61 Å². The molecule has 1 heterocycles. The highest BCUT2D eigenvalue weighted by molar-refractivity contribution is 6.30. The van der Waals surface area contributed by atoms with Crippen LogP contribution in [0.1, 0.15) is 0 Å². The van der Waals surface area contributed by atoms with Crippen LogP contribution in [0.2, 0.25) is 5.02 Å². The molecule has 2 aromatic rings. The van der Waals surface area contributed by atoms with Crippen LogP contribution in [-0.2, 0) is 4.79 Å². The van der Waals surface area contributed by atoms with Crippen molar-refractivity contribution in [1.29, 1.82) is 0 Å². The topological polar surface area (TPSA) is 94.4 Å². The molecule has 7 nitrogen and oxygen atoms in total. The van der Waals surface area contributed by atoms with Crippen molar-refractivity contribution in [3.8, 4) is 5.75 Å². The standard InChI is InChI=1S/C13H9ClFN3O4/c14-8-3-4-9(15)10(6-8)17-12(19)7-22-11-2-1-5-16-13(11)18(20)21/h1-6H,7H2,(H,17,19). The second-order valence-electron chi connectivity index (χ2n) is 4.04. The van der Waals surface area contributed by atoms with Crippen LogP contribution >= 0.6 is 11.6 Å². The molecule has 0 aliphatic carbocycles. The number of hydrogen-bond donors (Lipinski definition) is 1. The zero-order valence-electron chi connectivity index (χ0n) is 11.0. The maximum atomic E-state index is 13.4. The van der Waals surface area contributed by atoms with Gasteiger partial charge in [-0.25, -0.2) is 4.39 Å². The molecule has 22 heavy (non-hydrogen) atoms. The Morgan fingerprint density at radius 3 is 2.95 bits per heavy atom.